The summed E-state index contributed by atoms with van der Waals surface area (Å²) in [7, 11) is -3.22. The van der Waals surface area contributed by atoms with E-state index in [2.05, 4.69) is 10.0 Å². The van der Waals surface area contributed by atoms with E-state index in [0.717, 1.165) is 22.9 Å². The number of aromatic nitrogens is 1. The molecule has 3 amide bonds. The van der Waals surface area contributed by atoms with Crippen molar-refractivity contribution in [1.82, 2.24) is 19.5 Å². The number of aryl methyl sites for hydroxylation is 1. The molecule has 0 spiro atoms. The number of anilines is 1. The van der Waals surface area contributed by atoms with Gasteiger partial charge in [-0.1, -0.05) is 11.6 Å². The number of rotatable bonds is 6. The Morgan fingerprint density at radius 3 is 2.36 bits per heavy atom. The lowest BCUT2D eigenvalue weighted by atomic mass is 10.1. The molecule has 0 aliphatic carbocycles. The van der Waals surface area contributed by atoms with Gasteiger partial charge in [0.1, 0.15) is 21.4 Å². The van der Waals surface area contributed by atoms with E-state index in [1.807, 2.05) is 5.32 Å². The normalized spacial score (nSPS) is 14.6. The average Bonchev–Trinajstić information content (AvgIpc) is 3.14. The fourth-order valence-electron chi connectivity index (χ4n) is 3.68. The number of nitrogens with one attached hydrogen (secondary N) is 3. The average molecular weight is 550 g/mol. The molecule has 3 rings (SSSR count). The van der Waals surface area contributed by atoms with E-state index in [-0.39, 0.29) is 32.5 Å². The Morgan fingerprint density at radius 2 is 1.75 bits per heavy atom. The van der Waals surface area contributed by atoms with Gasteiger partial charge in [0.05, 0.1) is 5.69 Å². The molecule has 0 radical (unpaired) electrons. The van der Waals surface area contributed by atoms with Crippen LogP contribution in [-0.2, 0) is 26.7 Å². The molecule has 1 aliphatic heterocycles. The van der Waals surface area contributed by atoms with Gasteiger partial charge in [0.25, 0.3) is 5.91 Å². The van der Waals surface area contributed by atoms with Crippen LogP contribution < -0.4 is 15.4 Å². The first kappa shape index (κ1) is 27.5. The van der Waals surface area contributed by atoms with Crippen LogP contribution in [0.15, 0.2) is 23.2 Å². The number of sulfonamides is 1. The Kier molecular flexibility index (Phi) is 8.31. The number of piperidine rings is 1. The van der Waals surface area contributed by atoms with E-state index in [1.165, 1.54) is 11.9 Å². The number of carbonyl (C=O) groups is 3. The highest BCUT2D eigenvalue weighted by molar-refractivity contribution is 7.89. The topological polar surface area (TPSA) is 130 Å². The third-order valence-corrected chi connectivity index (χ3v) is 7.37. The zero-order valence-electron chi connectivity index (χ0n) is 19.2. The molecule has 196 valence electrons. The number of likely N-dealkylation sites (tertiary alicyclic amines) is 1. The Labute approximate surface area is 209 Å². The van der Waals surface area contributed by atoms with Crippen LogP contribution in [-0.4, -0.2) is 61.3 Å². The lowest BCUT2D eigenvalue weighted by Crippen LogP contribution is -2.50. The van der Waals surface area contributed by atoms with Crippen molar-refractivity contribution in [3.8, 4) is 0 Å². The maximum Gasteiger partial charge on any atom is 0.311 e. The number of nitrogens with zero attached hydrogens (tertiary/aromatic N) is 2. The molecule has 1 saturated heterocycles. The number of hydrogen-bond acceptors (Lipinski definition) is 5. The van der Waals surface area contributed by atoms with Crippen LogP contribution in [0.5, 0.6) is 0 Å². The third kappa shape index (κ3) is 5.65. The fraction of sp³-hybridized carbons (Fsp3) is 0.381. The van der Waals surface area contributed by atoms with Crippen molar-refractivity contribution < 1.29 is 36.0 Å². The summed E-state index contributed by atoms with van der Waals surface area (Å²) in [4.78, 5) is 36.8. The van der Waals surface area contributed by atoms with E-state index in [4.69, 9.17) is 11.6 Å². The van der Waals surface area contributed by atoms with Gasteiger partial charge in [-0.05, 0) is 31.9 Å². The number of carbonyl (C=O) groups excluding carboxylic acids is 3. The molecule has 2 aromatic rings. The number of likely N-dealkylation sites (N-methyl/N-ethyl adjacent to an activating group) is 1. The number of halogens is 4. The zero-order chi connectivity index (χ0) is 26.8. The highest BCUT2D eigenvalue weighted by atomic mass is 35.5. The summed E-state index contributed by atoms with van der Waals surface area (Å²) in [6.45, 7) is 2.18. The summed E-state index contributed by atoms with van der Waals surface area (Å²) in [5.41, 5.74) is -1.24. The largest absolute Gasteiger partial charge is 0.348 e. The molecule has 0 atom stereocenters. The summed E-state index contributed by atoms with van der Waals surface area (Å²) < 4.78 is 71.5. The predicted octanol–water partition coefficient (Wildman–Crippen LogP) is 1.75. The van der Waals surface area contributed by atoms with Crippen molar-refractivity contribution in [2.45, 2.75) is 30.7 Å². The number of amides is 3. The first-order valence-corrected chi connectivity index (χ1v) is 12.6. The van der Waals surface area contributed by atoms with Gasteiger partial charge in [0, 0.05) is 38.9 Å². The second-order valence-corrected chi connectivity index (χ2v) is 10.1. The van der Waals surface area contributed by atoms with Crippen LogP contribution in [0, 0.1) is 17.5 Å². The molecular formula is C21H23ClF3N5O5S. The van der Waals surface area contributed by atoms with Gasteiger partial charge in [0.2, 0.25) is 10.0 Å². The SMILES string of the molecule is CCNC(=O)C(=O)N1CCC(NS(=O)(=O)c2cn(C)c(C(=O)Nc3ccc(F)c(Cl)c3F)c2F)CC1. The Hall–Kier alpha value is -3.10. The standard InChI is InChI=1S/C21H23ClF3N5O5S/c1-3-26-20(32)21(33)30-8-6-11(7-9-30)28-36(34,35)14-10-29(2)18(17(14)25)19(31)27-13-5-4-12(23)15(22)16(13)24/h4-5,10-11,28H,3,6-9H2,1-2H3,(H,26,32)(H,27,31). The molecule has 15 heteroatoms. The monoisotopic (exact) mass is 549 g/mol. The molecule has 1 aromatic carbocycles. The van der Waals surface area contributed by atoms with Gasteiger partial charge in [-0.2, -0.15) is 0 Å². The molecule has 1 aliphatic rings. The van der Waals surface area contributed by atoms with Gasteiger partial charge in [-0.3, -0.25) is 14.4 Å². The first-order chi connectivity index (χ1) is 16.9. The number of benzene rings is 1. The molecule has 10 nitrogen and oxygen atoms in total. The summed E-state index contributed by atoms with van der Waals surface area (Å²) in [6, 6.07) is 1.04. The second-order valence-electron chi connectivity index (χ2n) is 7.99. The van der Waals surface area contributed by atoms with Crippen molar-refractivity contribution in [3.05, 3.63) is 46.5 Å². The minimum Gasteiger partial charge on any atom is -0.348 e. The van der Waals surface area contributed by atoms with Gasteiger partial charge >= 0.3 is 11.8 Å². The van der Waals surface area contributed by atoms with Gasteiger partial charge < -0.3 is 20.1 Å². The van der Waals surface area contributed by atoms with Gasteiger partial charge in [-0.25, -0.2) is 26.3 Å². The first-order valence-electron chi connectivity index (χ1n) is 10.8. The maximum absolute atomic E-state index is 15.1. The molecule has 2 heterocycles. The Bertz CT molecular complexity index is 1310. The second kappa shape index (κ2) is 10.9. The van der Waals surface area contributed by atoms with Crippen LogP contribution in [0.3, 0.4) is 0 Å². The summed E-state index contributed by atoms with van der Waals surface area (Å²) in [6.07, 6.45) is 1.24. The summed E-state index contributed by atoms with van der Waals surface area (Å²) >= 11 is 5.48. The quantitative estimate of drug-likeness (QED) is 0.373. The molecule has 0 unspecified atom stereocenters. The van der Waals surface area contributed by atoms with Crippen molar-refractivity contribution >= 4 is 45.0 Å². The van der Waals surface area contributed by atoms with E-state index < -0.39 is 72.5 Å². The van der Waals surface area contributed by atoms with Crippen LogP contribution >= 0.6 is 11.6 Å². The highest BCUT2D eigenvalue weighted by Crippen LogP contribution is 2.27. The molecule has 1 fully saturated rings. The molecule has 36 heavy (non-hydrogen) atoms. The van der Waals surface area contributed by atoms with Crippen molar-refractivity contribution in [1.29, 1.82) is 0 Å². The van der Waals surface area contributed by atoms with Crippen LogP contribution in [0.1, 0.15) is 30.3 Å². The Balaban J connectivity index is 1.72. The molecule has 0 bridgehead atoms. The lowest BCUT2D eigenvalue weighted by Gasteiger charge is -2.31. The summed E-state index contributed by atoms with van der Waals surface area (Å²) in [5, 5.41) is 3.57. The molecule has 1 aromatic heterocycles. The van der Waals surface area contributed by atoms with Gasteiger partial charge in [0.15, 0.2) is 11.6 Å². The van der Waals surface area contributed by atoms with E-state index in [1.54, 1.807) is 6.92 Å². The minimum atomic E-state index is -4.44. The third-order valence-electron chi connectivity index (χ3n) is 5.51. The smallest absolute Gasteiger partial charge is 0.311 e. The lowest BCUT2D eigenvalue weighted by molar-refractivity contribution is -0.146. The molecule has 3 N–H and O–H groups in total. The van der Waals surface area contributed by atoms with Crippen molar-refractivity contribution in [2.75, 3.05) is 25.0 Å². The van der Waals surface area contributed by atoms with Crippen molar-refractivity contribution in [3.63, 3.8) is 0 Å². The maximum atomic E-state index is 15.1. The van der Waals surface area contributed by atoms with Gasteiger partial charge in [-0.15, -0.1) is 0 Å². The fourth-order valence-corrected chi connectivity index (χ4v) is 5.28. The van der Waals surface area contributed by atoms with Crippen LogP contribution in [0.2, 0.25) is 5.02 Å². The minimum absolute atomic E-state index is 0.111. The number of hydrogen-bond donors (Lipinski definition) is 3. The molecular weight excluding hydrogens is 527 g/mol. The van der Waals surface area contributed by atoms with E-state index in [0.29, 0.717) is 0 Å². The van der Waals surface area contributed by atoms with E-state index >= 15 is 4.39 Å². The zero-order valence-corrected chi connectivity index (χ0v) is 20.8. The van der Waals surface area contributed by atoms with Crippen molar-refractivity contribution in [2.24, 2.45) is 7.05 Å². The summed E-state index contributed by atoms with van der Waals surface area (Å²) in [5.74, 6) is -6.37. The Morgan fingerprint density at radius 1 is 1.11 bits per heavy atom. The highest BCUT2D eigenvalue weighted by Gasteiger charge is 2.33. The molecule has 0 saturated carbocycles. The van der Waals surface area contributed by atoms with E-state index in [9.17, 15) is 31.6 Å². The van der Waals surface area contributed by atoms with Crippen LogP contribution in [0.25, 0.3) is 0 Å². The predicted molar refractivity (Wildman–Crippen MR) is 123 cm³/mol. The van der Waals surface area contributed by atoms with Crippen LogP contribution in [0.4, 0.5) is 18.9 Å².